The molecule has 0 aliphatic carbocycles. The largest absolute Gasteiger partial charge is 0.355 e. The second kappa shape index (κ2) is 7.96. The first-order chi connectivity index (χ1) is 13.6. The Kier molecular flexibility index (Phi) is 5.23. The van der Waals surface area contributed by atoms with Crippen LogP contribution < -0.4 is 0 Å². The fraction of sp³-hybridized carbons (Fsp3) is 0.429. The Hall–Kier alpha value is -2.96. The summed E-state index contributed by atoms with van der Waals surface area (Å²) in [5, 5.41) is 8.06. The molecule has 3 heterocycles. The Morgan fingerprint density at radius 1 is 1.21 bits per heavy atom. The number of piperidine rings is 1. The number of hydrogen-bond donors (Lipinski definition) is 0. The minimum Gasteiger partial charge on any atom is -0.355 e. The number of benzene rings is 1. The van der Waals surface area contributed by atoms with E-state index in [-0.39, 0.29) is 11.8 Å². The molecule has 7 nitrogen and oxygen atoms in total. The summed E-state index contributed by atoms with van der Waals surface area (Å²) in [6, 6.07) is 11.3. The molecule has 0 saturated carbocycles. The Morgan fingerprint density at radius 3 is 2.82 bits per heavy atom. The quantitative estimate of drug-likeness (QED) is 0.666. The molecule has 2 aromatic heterocycles. The van der Waals surface area contributed by atoms with Gasteiger partial charge in [0.25, 0.3) is 5.91 Å². The minimum absolute atomic E-state index is 0.0617. The van der Waals surface area contributed by atoms with Crippen molar-refractivity contribution in [2.45, 2.75) is 39.0 Å². The maximum atomic E-state index is 12.9. The highest BCUT2D eigenvalue weighted by Gasteiger charge is 2.30. The Bertz CT molecular complexity index is 932. The second-order valence-corrected chi connectivity index (χ2v) is 7.68. The number of carbonyl (C=O) groups excluding carboxylic acids is 1. The smallest absolute Gasteiger partial charge is 0.276 e. The van der Waals surface area contributed by atoms with Crippen molar-refractivity contribution in [1.82, 2.24) is 20.2 Å². The van der Waals surface area contributed by atoms with E-state index in [0.717, 1.165) is 30.7 Å². The van der Waals surface area contributed by atoms with Crippen LogP contribution in [0.3, 0.4) is 0 Å². The number of nitrogens with zero attached hydrogens (tertiary/aromatic N) is 4. The van der Waals surface area contributed by atoms with E-state index in [2.05, 4.69) is 29.1 Å². The summed E-state index contributed by atoms with van der Waals surface area (Å²) >= 11 is 0. The SMILES string of the molecule is CC(C)Cc1noc([C@@H]2CCCN(C(=O)c3cc(-c4ccccc4)on3)C2)n1. The van der Waals surface area contributed by atoms with Gasteiger partial charge in [-0.2, -0.15) is 4.98 Å². The van der Waals surface area contributed by atoms with Gasteiger partial charge in [-0.05, 0) is 18.8 Å². The predicted molar refractivity (Wildman–Crippen MR) is 103 cm³/mol. The lowest BCUT2D eigenvalue weighted by Gasteiger charge is -2.30. The number of amides is 1. The highest BCUT2D eigenvalue weighted by atomic mass is 16.5. The molecule has 28 heavy (non-hydrogen) atoms. The zero-order valence-electron chi connectivity index (χ0n) is 16.2. The summed E-state index contributed by atoms with van der Waals surface area (Å²) in [7, 11) is 0. The van der Waals surface area contributed by atoms with E-state index in [1.807, 2.05) is 30.3 Å². The Labute approximate surface area is 163 Å². The van der Waals surface area contributed by atoms with E-state index in [0.29, 0.717) is 36.4 Å². The summed E-state index contributed by atoms with van der Waals surface area (Å²) < 4.78 is 10.8. The molecule has 1 fully saturated rings. The van der Waals surface area contributed by atoms with Crippen LogP contribution in [0.15, 0.2) is 45.4 Å². The van der Waals surface area contributed by atoms with Crippen LogP contribution in [0.1, 0.15) is 54.8 Å². The molecule has 1 aromatic carbocycles. The maximum Gasteiger partial charge on any atom is 0.276 e. The number of likely N-dealkylation sites (tertiary alicyclic amines) is 1. The van der Waals surface area contributed by atoms with E-state index in [1.165, 1.54) is 0 Å². The van der Waals surface area contributed by atoms with Crippen molar-refractivity contribution in [2.75, 3.05) is 13.1 Å². The molecule has 7 heteroatoms. The number of rotatable bonds is 5. The Balaban J connectivity index is 1.45. The molecule has 3 aromatic rings. The standard InChI is InChI=1S/C21H24N4O3/c1-14(2)11-19-22-20(28-24-19)16-9-6-10-25(13-16)21(26)17-12-18(27-23-17)15-7-4-3-5-8-15/h3-5,7-8,12,14,16H,6,9-11,13H2,1-2H3/t16-/m1/s1. The number of carbonyl (C=O) groups is 1. The molecule has 1 amide bonds. The second-order valence-electron chi connectivity index (χ2n) is 7.68. The van der Waals surface area contributed by atoms with Gasteiger partial charge in [0.2, 0.25) is 5.89 Å². The van der Waals surface area contributed by atoms with Crippen LogP contribution in [-0.2, 0) is 6.42 Å². The maximum absolute atomic E-state index is 12.9. The van der Waals surface area contributed by atoms with Crippen LogP contribution in [-0.4, -0.2) is 39.2 Å². The van der Waals surface area contributed by atoms with Gasteiger partial charge in [0, 0.05) is 31.1 Å². The van der Waals surface area contributed by atoms with Gasteiger partial charge < -0.3 is 13.9 Å². The molecular weight excluding hydrogens is 356 g/mol. The third kappa shape index (κ3) is 3.98. The van der Waals surface area contributed by atoms with Crippen LogP contribution in [0.5, 0.6) is 0 Å². The number of aromatic nitrogens is 3. The van der Waals surface area contributed by atoms with Gasteiger partial charge in [0.05, 0.1) is 5.92 Å². The average Bonchev–Trinajstić information content (AvgIpc) is 3.38. The van der Waals surface area contributed by atoms with Crippen molar-refractivity contribution in [3.63, 3.8) is 0 Å². The van der Waals surface area contributed by atoms with Crippen molar-refractivity contribution >= 4 is 5.91 Å². The third-order valence-electron chi connectivity index (χ3n) is 4.92. The highest BCUT2D eigenvalue weighted by molar-refractivity contribution is 5.93. The first-order valence-electron chi connectivity index (χ1n) is 9.74. The topological polar surface area (TPSA) is 85.3 Å². The molecule has 1 aliphatic heterocycles. The van der Waals surface area contributed by atoms with Gasteiger partial charge in [0.15, 0.2) is 17.3 Å². The van der Waals surface area contributed by atoms with E-state index < -0.39 is 0 Å². The van der Waals surface area contributed by atoms with Gasteiger partial charge in [-0.1, -0.05) is 54.5 Å². The van der Waals surface area contributed by atoms with Crippen molar-refractivity contribution in [3.05, 3.63) is 53.8 Å². The fourth-order valence-corrected chi connectivity index (χ4v) is 3.52. The highest BCUT2D eigenvalue weighted by Crippen LogP contribution is 2.28. The van der Waals surface area contributed by atoms with Gasteiger partial charge in [0.1, 0.15) is 0 Å². The van der Waals surface area contributed by atoms with Crippen molar-refractivity contribution < 1.29 is 13.8 Å². The van der Waals surface area contributed by atoms with Gasteiger partial charge in [-0.25, -0.2) is 0 Å². The summed E-state index contributed by atoms with van der Waals surface area (Å²) in [5.74, 6) is 2.36. The lowest BCUT2D eigenvalue weighted by molar-refractivity contribution is 0.0685. The summed E-state index contributed by atoms with van der Waals surface area (Å²) in [5.41, 5.74) is 1.22. The summed E-state index contributed by atoms with van der Waals surface area (Å²) in [6.45, 7) is 5.49. The van der Waals surface area contributed by atoms with Crippen LogP contribution in [0, 0.1) is 5.92 Å². The third-order valence-corrected chi connectivity index (χ3v) is 4.92. The zero-order chi connectivity index (χ0) is 19.5. The first-order valence-corrected chi connectivity index (χ1v) is 9.74. The average molecular weight is 380 g/mol. The zero-order valence-corrected chi connectivity index (χ0v) is 16.2. The van der Waals surface area contributed by atoms with Gasteiger partial charge in [-0.3, -0.25) is 4.79 Å². The molecule has 0 bridgehead atoms. The lowest BCUT2D eigenvalue weighted by Crippen LogP contribution is -2.39. The van der Waals surface area contributed by atoms with Crippen LogP contribution in [0.25, 0.3) is 11.3 Å². The van der Waals surface area contributed by atoms with E-state index in [1.54, 1.807) is 11.0 Å². The first kappa shape index (κ1) is 18.4. The molecule has 0 radical (unpaired) electrons. The van der Waals surface area contributed by atoms with Crippen molar-refractivity contribution in [3.8, 4) is 11.3 Å². The van der Waals surface area contributed by atoms with Gasteiger partial charge in [-0.15, -0.1) is 0 Å². The normalized spacial score (nSPS) is 17.2. The van der Waals surface area contributed by atoms with Gasteiger partial charge >= 0.3 is 0 Å². The molecule has 0 spiro atoms. The molecule has 1 aliphatic rings. The number of hydrogen-bond acceptors (Lipinski definition) is 6. The lowest BCUT2D eigenvalue weighted by atomic mass is 9.97. The molecule has 1 atom stereocenters. The van der Waals surface area contributed by atoms with E-state index in [4.69, 9.17) is 9.05 Å². The summed E-state index contributed by atoms with van der Waals surface area (Å²) in [4.78, 5) is 19.2. The van der Waals surface area contributed by atoms with Crippen molar-refractivity contribution in [1.29, 1.82) is 0 Å². The molecule has 0 unspecified atom stereocenters. The monoisotopic (exact) mass is 380 g/mol. The van der Waals surface area contributed by atoms with E-state index in [9.17, 15) is 4.79 Å². The van der Waals surface area contributed by atoms with E-state index >= 15 is 0 Å². The molecular formula is C21H24N4O3. The van der Waals surface area contributed by atoms with Crippen LogP contribution >= 0.6 is 0 Å². The molecule has 146 valence electrons. The molecule has 0 N–H and O–H groups in total. The summed E-state index contributed by atoms with van der Waals surface area (Å²) in [6.07, 6.45) is 2.61. The Morgan fingerprint density at radius 2 is 2.04 bits per heavy atom. The minimum atomic E-state index is -0.127. The molecule has 1 saturated heterocycles. The van der Waals surface area contributed by atoms with Crippen LogP contribution in [0.2, 0.25) is 0 Å². The fourth-order valence-electron chi connectivity index (χ4n) is 3.52. The van der Waals surface area contributed by atoms with Crippen molar-refractivity contribution in [2.24, 2.45) is 5.92 Å². The molecule has 4 rings (SSSR count). The predicted octanol–water partition coefficient (Wildman–Crippen LogP) is 3.94. The van der Waals surface area contributed by atoms with Crippen LogP contribution in [0.4, 0.5) is 0 Å².